The molecule has 0 saturated heterocycles. The van der Waals surface area contributed by atoms with Gasteiger partial charge in [-0.2, -0.15) is 0 Å². The van der Waals surface area contributed by atoms with Crippen LogP contribution in [0.2, 0.25) is 0 Å². The van der Waals surface area contributed by atoms with Crippen molar-refractivity contribution in [1.82, 2.24) is 5.32 Å². The molecular formula is C24H25NO2S. The average Bonchev–Trinajstić information content (AvgIpc) is 2.73. The Bertz CT molecular complexity index is 908. The van der Waals surface area contributed by atoms with Crippen molar-refractivity contribution in [3.05, 3.63) is 95.1 Å². The molecular weight excluding hydrogens is 366 g/mol. The Morgan fingerprint density at radius 3 is 2.46 bits per heavy atom. The monoisotopic (exact) mass is 391 g/mol. The zero-order valence-electron chi connectivity index (χ0n) is 16.3. The first-order valence-corrected chi connectivity index (χ1v) is 10.4. The van der Waals surface area contributed by atoms with E-state index in [1.165, 1.54) is 10.5 Å². The van der Waals surface area contributed by atoms with Crippen molar-refractivity contribution in [2.75, 3.05) is 6.61 Å². The first-order valence-electron chi connectivity index (χ1n) is 9.43. The van der Waals surface area contributed by atoms with Gasteiger partial charge in [-0.05, 0) is 49.7 Å². The molecule has 1 N–H and O–H groups in total. The lowest BCUT2D eigenvalue weighted by Gasteiger charge is -2.12. The summed E-state index contributed by atoms with van der Waals surface area (Å²) in [5.74, 6) is 1.51. The number of rotatable bonds is 8. The van der Waals surface area contributed by atoms with Crippen LogP contribution < -0.4 is 10.1 Å². The van der Waals surface area contributed by atoms with Gasteiger partial charge in [0.1, 0.15) is 5.75 Å². The Morgan fingerprint density at radius 1 is 1.00 bits per heavy atom. The average molecular weight is 392 g/mol. The molecule has 0 aliphatic rings. The van der Waals surface area contributed by atoms with Gasteiger partial charge in [-0.1, -0.05) is 48.0 Å². The second kappa shape index (κ2) is 10.00. The van der Waals surface area contributed by atoms with E-state index in [4.69, 9.17) is 4.74 Å². The quantitative estimate of drug-likeness (QED) is 0.507. The lowest BCUT2D eigenvalue weighted by molar-refractivity contribution is 0.0951. The topological polar surface area (TPSA) is 38.3 Å². The van der Waals surface area contributed by atoms with Gasteiger partial charge in [-0.25, -0.2) is 0 Å². The molecule has 0 aliphatic heterocycles. The van der Waals surface area contributed by atoms with Crippen LogP contribution in [0.25, 0.3) is 0 Å². The normalized spacial score (nSPS) is 10.5. The lowest BCUT2D eigenvalue weighted by Crippen LogP contribution is -2.22. The molecule has 0 fully saturated rings. The number of hydrogen-bond donors (Lipinski definition) is 1. The van der Waals surface area contributed by atoms with Crippen molar-refractivity contribution >= 4 is 17.7 Å². The SMILES string of the molecule is CCOc1ccc(C(=O)NCc2ccc(C)cc2)cc1CSc1ccccc1. The standard InChI is InChI=1S/C24H25NO2S/c1-3-27-23-14-13-20(15-21(23)17-28-22-7-5-4-6-8-22)24(26)25-16-19-11-9-18(2)10-12-19/h4-15H,3,16-17H2,1-2H3,(H,25,26). The van der Waals surface area contributed by atoms with Gasteiger partial charge < -0.3 is 10.1 Å². The Hall–Kier alpha value is -2.72. The van der Waals surface area contributed by atoms with Crippen molar-refractivity contribution < 1.29 is 9.53 Å². The van der Waals surface area contributed by atoms with Crippen LogP contribution in [0.15, 0.2) is 77.7 Å². The molecule has 144 valence electrons. The zero-order chi connectivity index (χ0) is 19.8. The number of thioether (sulfide) groups is 1. The number of benzene rings is 3. The minimum absolute atomic E-state index is 0.0745. The van der Waals surface area contributed by atoms with Crippen molar-refractivity contribution in [2.45, 2.75) is 31.0 Å². The second-order valence-electron chi connectivity index (χ2n) is 6.53. The van der Waals surface area contributed by atoms with E-state index in [1.54, 1.807) is 11.8 Å². The predicted octanol–water partition coefficient (Wildman–Crippen LogP) is 5.62. The molecule has 3 aromatic carbocycles. The van der Waals surface area contributed by atoms with E-state index in [1.807, 2.05) is 55.5 Å². The van der Waals surface area contributed by atoms with Crippen LogP contribution in [0, 0.1) is 6.92 Å². The second-order valence-corrected chi connectivity index (χ2v) is 7.57. The fourth-order valence-corrected chi connectivity index (χ4v) is 3.70. The number of aryl methyl sites for hydroxylation is 1. The highest BCUT2D eigenvalue weighted by molar-refractivity contribution is 7.98. The Kier molecular flexibility index (Phi) is 7.15. The van der Waals surface area contributed by atoms with E-state index in [2.05, 4.69) is 36.5 Å². The molecule has 28 heavy (non-hydrogen) atoms. The molecule has 0 spiro atoms. The van der Waals surface area contributed by atoms with Gasteiger partial charge in [0.05, 0.1) is 6.61 Å². The smallest absolute Gasteiger partial charge is 0.251 e. The van der Waals surface area contributed by atoms with Crippen LogP contribution in [0.4, 0.5) is 0 Å². The van der Waals surface area contributed by atoms with E-state index in [0.717, 1.165) is 22.6 Å². The first-order chi connectivity index (χ1) is 13.7. The molecule has 0 bridgehead atoms. The largest absolute Gasteiger partial charge is 0.494 e. The molecule has 3 nitrogen and oxygen atoms in total. The Morgan fingerprint density at radius 2 is 1.75 bits per heavy atom. The maximum atomic E-state index is 12.6. The molecule has 0 saturated carbocycles. The van der Waals surface area contributed by atoms with Crippen molar-refractivity contribution in [1.29, 1.82) is 0 Å². The first kappa shape index (κ1) is 20.0. The molecule has 1 amide bonds. The number of ether oxygens (including phenoxy) is 1. The maximum Gasteiger partial charge on any atom is 0.251 e. The van der Waals surface area contributed by atoms with E-state index < -0.39 is 0 Å². The van der Waals surface area contributed by atoms with Crippen molar-refractivity contribution in [3.8, 4) is 5.75 Å². The van der Waals surface area contributed by atoms with Gasteiger partial charge in [0.2, 0.25) is 0 Å². The molecule has 0 heterocycles. The fraction of sp³-hybridized carbons (Fsp3) is 0.208. The number of nitrogens with one attached hydrogen (secondary N) is 1. The minimum atomic E-state index is -0.0745. The summed E-state index contributed by atoms with van der Waals surface area (Å²) in [5, 5.41) is 3.00. The summed E-state index contributed by atoms with van der Waals surface area (Å²) < 4.78 is 5.76. The molecule has 4 heteroatoms. The summed E-state index contributed by atoms with van der Waals surface area (Å²) in [6.07, 6.45) is 0. The predicted molar refractivity (Wildman–Crippen MR) is 116 cm³/mol. The third-order valence-corrected chi connectivity index (χ3v) is 5.39. The fourth-order valence-electron chi connectivity index (χ4n) is 2.80. The maximum absolute atomic E-state index is 12.6. The Balaban J connectivity index is 1.69. The zero-order valence-corrected chi connectivity index (χ0v) is 17.1. The van der Waals surface area contributed by atoms with Gasteiger partial charge in [-0.3, -0.25) is 4.79 Å². The molecule has 0 radical (unpaired) electrons. The molecule has 0 unspecified atom stereocenters. The summed E-state index contributed by atoms with van der Waals surface area (Å²) in [5.41, 5.74) is 3.98. The summed E-state index contributed by atoms with van der Waals surface area (Å²) in [6.45, 7) is 5.13. The summed E-state index contributed by atoms with van der Waals surface area (Å²) in [6, 6.07) is 24.1. The van der Waals surface area contributed by atoms with E-state index in [0.29, 0.717) is 18.7 Å². The van der Waals surface area contributed by atoms with E-state index in [-0.39, 0.29) is 5.91 Å². The van der Waals surface area contributed by atoms with Crippen LogP contribution in [0.3, 0.4) is 0 Å². The van der Waals surface area contributed by atoms with Crippen molar-refractivity contribution in [3.63, 3.8) is 0 Å². The van der Waals surface area contributed by atoms with Crippen LogP contribution >= 0.6 is 11.8 Å². The van der Waals surface area contributed by atoms with Crippen molar-refractivity contribution in [2.24, 2.45) is 0 Å². The molecule has 3 aromatic rings. The van der Waals surface area contributed by atoms with Crippen LogP contribution in [-0.2, 0) is 12.3 Å². The minimum Gasteiger partial charge on any atom is -0.494 e. The van der Waals surface area contributed by atoms with E-state index in [9.17, 15) is 4.79 Å². The lowest BCUT2D eigenvalue weighted by atomic mass is 10.1. The van der Waals surface area contributed by atoms with Crippen LogP contribution in [0.5, 0.6) is 5.75 Å². The number of carbonyl (C=O) groups excluding carboxylic acids is 1. The highest BCUT2D eigenvalue weighted by atomic mass is 32.2. The van der Waals surface area contributed by atoms with Crippen LogP contribution in [0.1, 0.15) is 34.0 Å². The molecule has 0 atom stereocenters. The van der Waals surface area contributed by atoms with E-state index >= 15 is 0 Å². The van der Waals surface area contributed by atoms with Gasteiger partial charge >= 0.3 is 0 Å². The molecule has 3 rings (SSSR count). The molecule has 0 aliphatic carbocycles. The number of hydrogen-bond acceptors (Lipinski definition) is 3. The van der Waals surface area contributed by atoms with Gasteiger partial charge in [-0.15, -0.1) is 11.8 Å². The summed E-state index contributed by atoms with van der Waals surface area (Å²) >= 11 is 1.73. The third-order valence-electron chi connectivity index (χ3n) is 4.33. The number of carbonyl (C=O) groups is 1. The van der Waals surface area contributed by atoms with Gasteiger partial charge in [0, 0.05) is 28.3 Å². The summed E-state index contributed by atoms with van der Waals surface area (Å²) in [4.78, 5) is 13.8. The highest BCUT2D eigenvalue weighted by Crippen LogP contribution is 2.29. The summed E-state index contributed by atoms with van der Waals surface area (Å²) in [7, 11) is 0. The Labute approximate surface area is 171 Å². The van der Waals surface area contributed by atoms with Crippen LogP contribution in [-0.4, -0.2) is 12.5 Å². The number of amides is 1. The molecule has 0 aromatic heterocycles. The van der Waals surface area contributed by atoms with Gasteiger partial charge in [0.25, 0.3) is 5.91 Å². The van der Waals surface area contributed by atoms with Gasteiger partial charge in [0.15, 0.2) is 0 Å². The third kappa shape index (κ3) is 5.64. The highest BCUT2D eigenvalue weighted by Gasteiger charge is 2.11.